The van der Waals surface area contributed by atoms with Crippen LogP contribution in [0.1, 0.15) is 33.7 Å². The Balaban J connectivity index is 1.41. The second-order valence-corrected chi connectivity index (χ2v) is 8.35. The zero-order chi connectivity index (χ0) is 23.8. The summed E-state index contributed by atoms with van der Waals surface area (Å²) in [5.74, 6) is -0.677. The molecule has 0 radical (unpaired) electrons. The highest BCUT2D eigenvalue weighted by atomic mass is 16.5. The molecule has 4 aromatic rings. The van der Waals surface area contributed by atoms with Crippen molar-refractivity contribution in [1.82, 2.24) is 0 Å². The fourth-order valence-corrected chi connectivity index (χ4v) is 3.92. The fourth-order valence-electron chi connectivity index (χ4n) is 3.92. The summed E-state index contributed by atoms with van der Waals surface area (Å²) in [6.45, 7) is 3.85. The minimum Gasteiger partial charge on any atom is -0.478 e. The number of carbonyl (C=O) groups excluding carboxylic acids is 3. The molecule has 7 nitrogen and oxygen atoms in total. The van der Waals surface area contributed by atoms with Crippen LogP contribution in [-0.4, -0.2) is 23.7 Å². The Labute approximate surface area is 195 Å². The van der Waals surface area contributed by atoms with Gasteiger partial charge in [0.05, 0.1) is 17.8 Å². The highest BCUT2D eigenvalue weighted by Gasteiger charge is 2.31. The molecule has 7 heteroatoms. The number of ketones is 1. The van der Waals surface area contributed by atoms with E-state index in [2.05, 4.69) is 10.6 Å². The largest absolute Gasteiger partial charge is 0.478 e. The van der Waals surface area contributed by atoms with Crippen LogP contribution >= 0.6 is 0 Å². The summed E-state index contributed by atoms with van der Waals surface area (Å²) < 4.78 is 11.6. The van der Waals surface area contributed by atoms with Crippen molar-refractivity contribution in [3.63, 3.8) is 0 Å². The van der Waals surface area contributed by atoms with Crippen molar-refractivity contribution in [2.24, 2.45) is 0 Å². The number of ether oxygens (including phenoxy) is 1. The minimum absolute atomic E-state index is 0.0354. The van der Waals surface area contributed by atoms with E-state index in [0.717, 1.165) is 11.1 Å². The van der Waals surface area contributed by atoms with Crippen LogP contribution < -0.4 is 15.4 Å². The molecule has 3 aromatic carbocycles. The van der Waals surface area contributed by atoms with Gasteiger partial charge in [0.1, 0.15) is 11.3 Å². The Kier molecular flexibility index (Phi) is 5.37. The molecular weight excluding hydrogens is 432 g/mol. The first-order valence-corrected chi connectivity index (χ1v) is 10.9. The van der Waals surface area contributed by atoms with Crippen molar-refractivity contribution in [2.75, 3.05) is 10.6 Å². The van der Waals surface area contributed by atoms with Gasteiger partial charge < -0.3 is 19.8 Å². The van der Waals surface area contributed by atoms with Crippen LogP contribution in [0.4, 0.5) is 11.4 Å². The molecule has 0 aliphatic carbocycles. The van der Waals surface area contributed by atoms with Crippen molar-refractivity contribution >= 4 is 39.9 Å². The van der Waals surface area contributed by atoms with Gasteiger partial charge in [0, 0.05) is 10.9 Å². The third-order valence-corrected chi connectivity index (χ3v) is 5.71. The van der Waals surface area contributed by atoms with Crippen LogP contribution in [0.5, 0.6) is 5.75 Å². The van der Waals surface area contributed by atoms with Gasteiger partial charge in [-0.3, -0.25) is 14.4 Å². The van der Waals surface area contributed by atoms with E-state index in [4.69, 9.17) is 9.15 Å². The zero-order valence-electron chi connectivity index (χ0n) is 18.7. The highest BCUT2D eigenvalue weighted by molar-refractivity contribution is 6.17. The van der Waals surface area contributed by atoms with Gasteiger partial charge >= 0.3 is 0 Å². The van der Waals surface area contributed by atoms with Crippen LogP contribution in [-0.2, 0) is 9.59 Å². The lowest BCUT2D eigenvalue weighted by molar-refractivity contribution is -0.128. The second-order valence-electron chi connectivity index (χ2n) is 8.35. The van der Waals surface area contributed by atoms with Crippen LogP contribution in [0.25, 0.3) is 11.0 Å². The van der Waals surface area contributed by atoms with E-state index in [1.807, 2.05) is 38.1 Å². The first-order valence-electron chi connectivity index (χ1n) is 10.9. The maximum absolute atomic E-state index is 13.2. The van der Waals surface area contributed by atoms with Crippen LogP contribution in [0.2, 0.25) is 0 Å². The number of aryl methyl sites for hydroxylation is 2. The van der Waals surface area contributed by atoms with E-state index in [1.54, 1.807) is 42.5 Å². The van der Waals surface area contributed by atoms with Crippen molar-refractivity contribution in [1.29, 1.82) is 0 Å². The molecule has 1 atom stereocenters. The lowest BCUT2D eigenvalue weighted by atomic mass is 10.1. The van der Waals surface area contributed by atoms with Gasteiger partial charge in [-0.15, -0.1) is 0 Å². The normalized spacial score (nSPS) is 14.8. The second kappa shape index (κ2) is 8.51. The molecule has 0 saturated heterocycles. The average molecular weight is 454 g/mol. The SMILES string of the molecule is Cc1ccc(C(=O)c2oc3ccccc3c2NC(=O)CC2Oc3ccc(C)cc3NC2=O)cc1. The monoisotopic (exact) mass is 454 g/mol. The number of benzene rings is 3. The smallest absolute Gasteiger partial charge is 0.266 e. The van der Waals surface area contributed by atoms with Crippen molar-refractivity contribution in [2.45, 2.75) is 26.4 Å². The van der Waals surface area contributed by atoms with Crippen molar-refractivity contribution in [3.05, 3.63) is 89.2 Å². The molecule has 2 N–H and O–H groups in total. The third-order valence-electron chi connectivity index (χ3n) is 5.71. The lowest BCUT2D eigenvalue weighted by Crippen LogP contribution is -2.39. The van der Waals surface area contributed by atoms with Gasteiger partial charge in [-0.2, -0.15) is 0 Å². The van der Waals surface area contributed by atoms with E-state index in [0.29, 0.717) is 28.0 Å². The Morgan fingerprint density at radius 2 is 1.71 bits per heavy atom. The van der Waals surface area contributed by atoms with Crippen LogP contribution in [0.15, 0.2) is 71.1 Å². The van der Waals surface area contributed by atoms with Crippen LogP contribution in [0, 0.1) is 13.8 Å². The van der Waals surface area contributed by atoms with Gasteiger partial charge in [-0.1, -0.05) is 48.0 Å². The van der Waals surface area contributed by atoms with Crippen LogP contribution in [0.3, 0.4) is 0 Å². The molecule has 170 valence electrons. The Bertz CT molecular complexity index is 1440. The molecule has 1 unspecified atom stereocenters. The fraction of sp³-hybridized carbons (Fsp3) is 0.148. The zero-order valence-corrected chi connectivity index (χ0v) is 18.7. The Hall–Kier alpha value is -4.39. The summed E-state index contributed by atoms with van der Waals surface area (Å²) in [6, 6.07) is 19.6. The molecule has 1 aromatic heterocycles. The number of anilines is 2. The number of fused-ring (bicyclic) bond motifs is 2. The maximum Gasteiger partial charge on any atom is 0.266 e. The van der Waals surface area contributed by atoms with E-state index in [-0.39, 0.29) is 23.7 Å². The first kappa shape index (κ1) is 21.5. The molecule has 0 bridgehead atoms. The number of furan rings is 1. The Morgan fingerprint density at radius 1 is 0.971 bits per heavy atom. The van der Waals surface area contributed by atoms with E-state index < -0.39 is 17.9 Å². The molecule has 0 fully saturated rings. The van der Waals surface area contributed by atoms with Gasteiger partial charge in [0.2, 0.25) is 11.7 Å². The number of hydrogen-bond donors (Lipinski definition) is 2. The predicted molar refractivity (Wildman–Crippen MR) is 128 cm³/mol. The molecule has 2 amide bonds. The third kappa shape index (κ3) is 4.03. The molecular formula is C27H22N2O5. The highest BCUT2D eigenvalue weighted by Crippen LogP contribution is 2.34. The lowest BCUT2D eigenvalue weighted by Gasteiger charge is -2.25. The quantitative estimate of drug-likeness (QED) is 0.413. The molecule has 0 saturated carbocycles. The summed E-state index contributed by atoms with van der Waals surface area (Å²) in [7, 11) is 0. The standard InChI is InChI=1S/C27H22N2O5/c1-15-7-10-17(11-8-15)25(31)26-24(18-5-3-4-6-20(18)34-26)29-23(30)14-22-27(32)28-19-13-16(2)9-12-21(19)33-22/h3-13,22H,14H2,1-2H3,(H,28,32)(H,29,30). The number of para-hydroxylation sites is 1. The topological polar surface area (TPSA) is 97.6 Å². The maximum atomic E-state index is 13.2. The number of hydrogen-bond acceptors (Lipinski definition) is 5. The van der Waals surface area contributed by atoms with E-state index in [9.17, 15) is 14.4 Å². The summed E-state index contributed by atoms with van der Waals surface area (Å²) >= 11 is 0. The average Bonchev–Trinajstić information content (AvgIpc) is 3.18. The Morgan fingerprint density at radius 3 is 2.50 bits per heavy atom. The van der Waals surface area contributed by atoms with Crippen molar-refractivity contribution < 1.29 is 23.5 Å². The minimum atomic E-state index is -0.996. The number of rotatable bonds is 5. The number of amides is 2. The van der Waals surface area contributed by atoms with Gasteiger partial charge in [0.25, 0.3) is 5.91 Å². The molecule has 1 aliphatic heterocycles. The van der Waals surface area contributed by atoms with Crippen molar-refractivity contribution in [3.8, 4) is 5.75 Å². The summed E-state index contributed by atoms with van der Waals surface area (Å²) in [5, 5.41) is 6.17. The molecule has 5 rings (SSSR count). The summed E-state index contributed by atoms with van der Waals surface area (Å²) in [6.07, 6.45) is -1.22. The molecule has 1 aliphatic rings. The van der Waals surface area contributed by atoms with Gasteiger partial charge in [-0.05, 0) is 43.7 Å². The summed E-state index contributed by atoms with van der Waals surface area (Å²) in [4.78, 5) is 38.7. The van der Waals surface area contributed by atoms with Gasteiger partial charge in [0.15, 0.2) is 11.9 Å². The first-order chi connectivity index (χ1) is 16.4. The molecule has 2 heterocycles. The molecule has 0 spiro atoms. The summed E-state index contributed by atoms with van der Waals surface area (Å²) in [5.41, 5.74) is 3.78. The number of carbonyl (C=O) groups is 3. The number of nitrogens with one attached hydrogen (secondary N) is 2. The van der Waals surface area contributed by atoms with E-state index >= 15 is 0 Å². The predicted octanol–water partition coefficient (Wildman–Crippen LogP) is 5.01. The van der Waals surface area contributed by atoms with Gasteiger partial charge in [-0.25, -0.2) is 0 Å². The molecule has 34 heavy (non-hydrogen) atoms. The van der Waals surface area contributed by atoms with E-state index in [1.165, 1.54) is 0 Å².